The number of rotatable bonds is 10. The van der Waals surface area contributed by atoms with Crippen molar-refractivity contribution in [2.45, 2.75) is 65.2 Å². The molecule has 0 fully saturated rings. The number of carbonyl (C=O) groups is 1. The Kier molecular flexibility index (Phi) is 8.56. The zero-order valence-corrected chi connectivity index (χ0v) is 13.4. The summed E-state index contributed by atoms with van der Waals surface area (Å²) in [5.41, 5.74) is 1.05. The van der Waals surface area contributed by atoms with E-state index in [9.17, 15) is 9.90 Å². The van der Waals surface area contributed by atoms with Crippen LogP contribution in [0.1, 0.15) is 74.7 Å². The highest BCUT2D eigenvalue weighted by molar-refractivity contribution is 5.92. The van der Waals surface area contributed by atoms with E-state index in [4.69, 9.17) is 4.74 Å². The van der Waals surface area contributed by atoms with Crippen molar-refractivity contribution in [3.05, 3.63) is 29.3 Å². The Labute approximate surface area is 128 Å². The lowest BCUT2D eigenvalue weighted by molar-refractivity contribution is 0.0494. The number of phenols is 1. The van der Waals surface area contributed by atoms with Crippen molar-refractivity contribution >= 4 is 5.97 Å². The number of hydrogen-bond donors (Lipinski definition) is 1. The minimum Gasteiger partial charge on any atom is -0.507 e. The minimum absolute atomic E-state index is 0.0598. The van der Waals surface area contributed by atoms with Gasteiger partial charge < -0.3 is 9.84 Å². The zero-order valence-electron chi connectivity index (χ0n) is 13.4. The van der Waals surface area contributed by atoms with Gasteiger partial charge in [0.1, 0.15) is 11.3 Å². The predicted molar refractivity (Wildman–Crippen MR) is 85.8 cm³/mol. The highest BCUT2D eigenvalue weighted by Gasteiger charge is 2.14. The number of ether oxygens (including phenoxy) is 1. The molecule has 0 aromatic heterocycles. The molecule has 3 heteroatoms. The fraction of sp³-hybridized carbons (Fsp3) is 0.611. The maximum Gasteiger partial charge on any atom is 0.341 e. The van der Waals surface area contributed by atoms with E-state index >= 15 is 0 Å². The second-order valence-corrected chi connectivity index (χ2v) is 5.42. The number of aromatic hydroxyl groups is 1. The Balaban J connectivity index is 2.25. The molecule has 0 unspecified atom stereocenters. The molecule has 0 radical (unpaired) electrons. The number of para-hydroxylation sites is 1. The number of aryl methyl sites for hydroxylation is 1. The topological polar surface area (TPSA) is 46.5 Å². The Hall–Kier alpha value is -1.51. The maximum atomic E-state index is 11.9. The van der Waals surface area contributed by atoms with Gasteiger partial charge in [0.2, 0.25) is 0 Å². The van der Waals surface area contributed by atoms with Gasteiger partial charge in [0.15, 0.2) is 0 Å². The van der Waals surface area contributed by atoms with E-state index in [1.54, 1.807) is 12.1 Å². The minimum atomic E-state index is -0.422. The van der Waals surface area contributed by atoms with Crippen LogP contribution in [0.2, 0.25) is 0 Å². The van der Waals surface area contributed by atoms with Crippen LogP contribution in [0.25, 0.3) is 0 Å². The molecule has 0 spiro atoms. The van der Waals surface area contributed by atoms with E-state index in [-0.39, 0.29) is 11.3 Å². The molecule has 1 aromatic carbocycles. The summed E-state index contributed by atoms with van der Waals surface area (Å²) >= 11 is 0. The average Bonchev–Trinajstić information content (AvgIpc) is 2.50. The van der Waals surface area contributed by atoms with Gasteiger partial charge in [0.05, 0.1) is 6.61 Å². The van der Waals surface area contributed by atoms with Crippen LogP contribution in [-0.4, -0.2) is 17.7 Å². The van der Waals surface area contributed by atoms with Gasteiger partial charge in [0, 0.05) is 0 Å². The molecule has 3 nitrogen and oxygen atoms in total. The van der Waals surface area contributed by atoms with Crippen LogP contribution in [-0.2, 0) is 11.2 Å². The van der Waals surface area contributed by atoms with E-state index in [1.165, 1.54) is 32.1 Å². The molecule has 1 rings (SSSR count). The monoisotopic (exact) mass is 292 g/mol. The summed E-state index contributed by atoms with van der Waals surface area (Å²) < 4.78 is 5.24. The standard InChI is InChI=1S/C18H28O3/c1-3-5-6-7-8-9-10-14-21-18(20)16-13-11-12-15(4-2)17(16)19/h11-13,19H,3-10,14H2,1-2H3. The van der Waals surface area contributed by atoms with Crippen molar-refractivity contribution in [2.75, 3.05) is 6.61 Å². The number of carbonyl (C=O) groups excluding carboxylic acids is 1. The Bertz CT molecular complexity index is 426. The van der Waals surface area contributed by atoms with Gasteiger partial charge in [-0.25, -0.2) is 4.79 Å². The van der Waals surface area contributed by atoms with Gasteiger partial charge in [-0.3, -0.25) is 0 Å². The summed E-state index contributed by atoms with van der Waals surface area (Å²) in [7, 11) is 0. The fourth-order valence-corrected chi connectivity index (χ4v) is 2.34. The van der Waals surface area contributed by atoms with Crippen LogP contribution in [0.4, 0.5) is 0 Å². The molecule has 0 saturated carbocycles. The first kappa shape index (κ1) is 17.5. The van der Waals surface area contributed by atoms with Gasteiger partial charge in [-0.1, -0.05) is 64.5 Å². The fourth-order valence-electron chi connectivity index (χ4n) is 2.34. The zero-order chi connectivity index (χ0) is 15.5. The van der Waals surface area contributed by atoms with Crippen molar-refractivity contribution < 1.29 is 14.6 Å². The predicted octanol–water partition coefficient (Wildman–Crippen LogP) is 4.86. The molecule has 0 aliphatic heterocycles. The van der Waals surface area contributed by atoms with Crippen molar-refractivity contribution in [3.63, 3.8) is 0 Å². The summed E-state index contributed by atoms with van der Waals surface area (Å²) in [5, 5.41) is 9.98. The summed E-state index contributed by atoms with van der Waals surface area (Å²) in [5.74, 6) is -0.363. The van der Waals surface area contributed by atoms with E-state index in [0.29, 0.717) is 13.0 Å². The quantitative estimate of drug-likeness (QED) is 0.494. The summed E-state index contributed by atoms with van der Waals surface area (Å²) in [6.07, 6.45) is 9.03. The highest BCUT2D eigenvalue weighted by Crippen LogP contribution is 2.23. The van der Waals surface area contributed by atoms with Crippen molar-refractivity contribution in [1.29, 1.82) is 0 Å². The third-order valence-electron chi connectivity index (χ3n) is 3.70. The van der Waals surface area contributed by atoms with E-state index in [1.807, 2.05) is 13.0 Å². The molecule has 0 aliphatic carbocycles. The largest absolute Gasteiger partial charge is 0.507 e. The molecule has 1 N–H and O–H groups in total. The van der Waals surface area contributed by atoms with Crippen LogP contribution in [0.15, 0.2) is 18.2 Å². The molecule has 1 aromatic rings. The number of hydrogen-bond acceptors (Lipinski definition) is 3. The Morgan fingerprint density at radius 2 is 1.71 bits per heavy atom. The molecule has 0 bridgehead atoms. The van der Waals surface area contributed by atoms with Crippen LogP contribution >= 0.6 is 0 Å². The van der Waals surface area contributed by atoms with Gasteiger partial charge >= 0.3 is 5.97 Å². The third-order valence-corrected chi connectivity index (χ3v) is 3.70. The summed E-state index contributed by atoms with van der Waals surface area (Å²) in [6, 6.07) is 5.22. The molecule has 21 heavy (non-hydrogen) atoms. The molecule has 0 heterocycles. The Morgan fingerprint density at radius 3 is 2.38 bits per heavy atom. The summed E-state index contributed by atoms with van der Waals surface area (Å²) in [4.78, 5) is 11.9. The second-order valence-electron chi connectivity index (χ2n) is 5.42. The van der Waals surface area contributed by atoms with Crippen LogP contribution in [0, 0.1) is 0 Å². The number of unbranched alkanes of at least 4 members (excludes halogenated alkanes) is 6. The molecule has 0 aliphatic rings. The molecular formula is C18H28O3. The first-order valence-corrected chi connectivity index (χ1v) is 8.18. The van der Waals surface area contributed by atoms with E-state index < -0.39 is 5.97 Å². The van der Waals surface area contributed by atoms with E-state index in [2.05, 4.69) is 6.92 Å². The smallest absolute Gasteiger partial charge is 0.341 e. The van der Waals surface area contributed by atoms with Gasteiger partial charge in [0.25, 0.3) is 0 Å². The number of phenolic OH excluding ortho intramolecular Hbond substituents is 1. The lowest BCUT2D eigenvalue weighted by Gasteiger charge is -2.08. The number of esters is 1. The third kappa shape index (κ3) is 6.19. The molecular weight excluding hydrogens is 264 g/mol. The average molecular weight is 292 g/mol. The van der Waals surface area contributed by atoms with Gasteiger partial charge in [-0.2, -0.15) is 0 Å². The van der Waals surface area contributed by atoms with Crippen molar-refractivity contribution in [2.24, 2.45) is 0 Å². The van der Waals surface area contributed by atoms with Crippen LogP contribution in [0.3, 0.4) is 0 Å². The molecule has 0 saturated heterocycles. The molecule has 118 valence electrons. The molecule has 0 amide bonds. The Morgan fingerprint density at radius 1 is 1.05 bits per heavy atom. The van der Waals surface area contributed by atoms with Gasteiger partial charge in [-0.15, -0.1) is 0 Å². The lowest BCUT2D eigenvalue weighted by Crippen LogP contribution is -2.07. The molecule has 0 atom stereocenters. The SMILES string of the molecule is CCCCCCCCCOC(=O)c1cccc(CC)c1O. The normalized spacial score (nSPS) is 10.6. The van der Waals surface area contributed by atoms with Crippen LogP contribution < -0.4 is 0 Å². The van der Waals surface area contributed by atoms with Crippen molar-refractivity contribution in [1.82, 2.24) is 0 Å². The van der Waals surface area contributed by atoms with Crippen LogP contribution in [0.5, 0.6) is 5.75 Å². The second kappa shape index (κ2) is 10.3. The van der Waals surface area contributed by atoms with E-state index in [0.717, 1.165) is 18.4 Å². The summed E-state index contributed by atoms with van der Waals surface area (Å²) in [6.45, 7) is 4.59. The maximum absolute atomic E-state index is 11.9. The van der Waals surface area contributed by atoms with Gasteiger partial charge in [-0.05, 0) is 24.5 Å². The first-order chi connectivity index (χ1) is 10.2. The number of benzene rings is 1. The first-order valence-electron chi connectivity index (χ1n) is 8.18. The lowest BCUT2D eigenvalue weighted by atomic mass is 10.1. The highest BCUT2D eigenvalue weighted by atomic mass is 16.5. The van der Waals surface area contributed by atoms with Crippen molar-refractivity contribution in [3.8, 4) is 5.75 Å².